The molecule has 1 heterocycles. The maximum absolute atomic E-state index is 9.51. The van der Waals surface area contributed by atoms with Crippen LogP contribution in [-0.2, 0) is 6.54 Å². The molecule has 0 unspecified atom stereocenters. The number of aromatic nitrogens is 3. The molecule has 2 N–H and O–H groups in total. The molecule has 0 aliphatic rings. The number of hydrogen-bond acceptors (Lipinski definition) is 6. The second-order valence-corrected chi connectivity index (χ2v) is 4.17. The van der Waals surface area contributed by atoms with E-state index in [2.05, 4.69) is 20.5 Å². The molecule has 0 aliphatic carbocycles. The quantitative estimate of drug-likeness (QED) is 0.872. The van der Waals surface area contributed by atoms with E-state index in [1.165, 1.54) is 7.11 Å². The van der Waals surface area contributed by atoms with Gasteiger partial charge in [-0.1, -0.05) is 6.07 Å². The number of phenolic OH excluding ortho intramolecular Hbond substituents is 1. The maximum atomic E-state index is 9.51. The van der Waals surface area contributed by atoms with E-state index >= 15 is 0 Å². The number of hydrogen-bond donors (Lipinski definition) is 2. The zero-order chi connectivity index (χ0) is 13.8. The summed E-state index contributed by atoms with van der Waals surface area (Å²) in [5.74, 6) is 1.05. The van der Waals surface area contributed by atoms with Gasteiger partial charge in [-0.05, 0) is 31.5 Å². The second kappa shape index (κ2) is 5.51. The Morgan fingerprint density at radius 2 is 2.00 bits per heavy atom. The fourth-order valence-corrected chi connectivity index (χ4v) is 1.54. The molecule has 0 amide bonds. The first kappa shape index (κ1) is 13.1. The van der Waals surface area contributed by atoms with E-state index in [0.29, 0.717) is 18.2 Å². The standard InChI is InChI=1S/C13H16N4O2/c1-8-9(2)16-17-13(15-8)14-7-10-4-5-11(18)12(6-10)19-3/h4-6,18H,7H2,1-3H3,(H,14,15,17). The number of rotatable bonds is 4. The lowest BCUT2D eigenvalue weighted by Gasteiger charge is -2.08. The average molecular weight is 260 g/mol. The van der Waals surface area contributed by atoms with Crippen LogP contribution in [-0.4, -0.2) is 27.4 Å². The molecule has 1 aromatic heterocycles. The summed E-state index contributed by atoms with van der Waals surface area (Å²) in [6.07, 6.45) is 0. The van der Waals surface area contributed by atoms with Crippen LogP contribution in [0.2, 0.25) is 0 Å². The Labute approximate surface area is 111 Å². The third-order valence-electron chi connectivity index (χ3n) is 2.79. The summed E-state index contributed by atoms with van der Waals surface area (Å²) in [5.41, 5.74) is 2.62. The molecule has 19 heavy (non-hydrogen) atoms. The van der Waals surface area contributed by atoms with Gasteiger partial charge in [-0.3, -0.25) is 0 Å². The summed E-state index contributed by atoms with van der Waals surface area (Å²) in [4.78, 5) is 4.28. The van der Waals surface area contributed by atoms with Gasteiger partial charge in [0, 0.05) is 6.54 Å². The van der Waals surface area contributed by atoms with Crippen molar-refractivity contribution in [2.24, 2.45) is 0 Å². The topological polar surface area (TPSA) is 80.2 Å². The number of aryl methyl sites for hydroxylation is 2. The van der Waals surface area contributed by atoms with E-state index in [1.54, 1.807) is 18.2 Å². The average Bonchev–Trinajstić information content (AvgIpc) is 2.41. The molecular weight excluding hydrogens is 244 g/mol. The van der Waals surface area contributed by atoms with Crippen molar-refractivity contribution >= 4 is 5.95 Å². The minimum absolute atomic E-state index is 0.121. The lowest BCUT2D eigenvalue weighted by Crippen LogP contribution is -2.07. The van der Waals surface area contributed by atoms with Crippen molar-refractivity contribution in [1.82, 2.24) is 15.2 Å². The first-order chi connectivity index (χ1) is 9.10. The third-order valence-corrected chi connectivity index (χ3v) is 2.79. The molecule has 0 aliphatic heterocycles. The molecule has 1 aromatic carbocycles. The van der Waals surface area contributed by atoms with Gasteiger partial charge in [-0.25, -0.2) is 4.98 Å². The van der Waals surface area contributed by atoms with E-state index in [0.717, 1.165) is 17.0 Å². The minimum Gasteiger partial charge on any atom is -0.504 e. The number of nitrogens with one attached hydrogen (secondary N) is 1. The van der Waals surface area contributed by atoms with Crippen molar-refractivity contribution in [3.63, 3.8) is 0 Å². The van der Waals surface area contributed by atoms with Crippen LogP contribution >= 0.6 is 0 Å². The monoisotopic (exact) mass is 260 g/mol. The van der Waals surface area contributed by atoms with E-state index in [1.807, 2.05) is 13.8 Å². The number of benzene rings is 1. The zero-order valence-electron chi connectivity index (χ0n) is 11.1. The van der Waals surface area contributed by atoms with Crippen molar-refractivity contribution < 1.29 is 9.84 Å². The van der Waals surface area contributed by atoms with Crippen LogP contribution in [0.4, 0.5) is 5.95 Å². The summed E-state index contributed by atoms with van der Waals surface area (Å²) in [6.45, 7) is 4.28. The summed E-state index contributed by atoms with van der Waals surface area (Å²) < 4.78 is 5.05. The third kappa shape index (κ3) is 3.09. The first-order valence-corrected chi connectivity index (χ1v) is 5.88. The van der Waals surface area contributed by atoms with Crippen molar-refractivity contribution in [3.8, 4) is 11.5 Å². The van der Waals surface area contributed by atoms with Gasteiger partial charge in [0.1, 0.15) is 0 Å². The highest BCUT2D eigenvalue weighted by Gasteiger charge is 2.04. The van der Waals surface area contributed by atoms with Gasteiger partial charge in [0.05, 0.1) is 18.5 Å². The highest BCUT2D eigenvalue weighted by atomic mass is 16.5. The van der Waals surface area contributed by atoms with Crippen LogP contribution in [0.5, 0.6) is 11.5 Å². The predicted molar refractivity (Wildman–Crippen MR) is 71.3 cm³/mol. The zero-order valence-corrected chi connectivity index (χ0v) is 11.1. The molecule has 0 fully saturated rings. The molecule has 2 aromatic rings. The fraction of sp³-hybridized carbons (Fsp3) is 0.308. The second-order valence-electron chi connectivity index (χ2n) is 4.17. The van der Waals surface area contributed by atoms with Crippen LogP contribution in [0.1, 0.15) is 17.0 Å². The lowest BCUT2D eigenvalue weighted by molar-refractivity contribution is 0.373. The van der Waals surface area contributed by atoms with Gasteiger partial charge in [0.15, 0.2) is 11.5 Å². The summed E-state index contributed by atoms with van der Waals surface area (Å²) >= 11 is 0. The summed E-state index contributed by atoms with van der Waals surface area (Å²) in [6, 6.07) is 5.16. The van der Waals surface area contributed by atoms with Crippen LogP contribution in [0.15, 0.2) is 18.2 Å². The number of phenols is 1. The van der Waals surface area contributed by atoms with Crippen LogP contribution in [0, 0.1) is 13.8 Å². The van der Waals surface area contributed by atoms with E-state index in [9.17, 15) is 5.11 Å². The first-order valence-electron chi connectivity index (χ1n) is 5.88. The van der Waals surface area contributed by atoms with Crippen molar-refractivity contribution in [1.29, 1.82) is 0 Å². The van der Waals surface area contributed by atoms with E-state index in [-0.39, 0.29) is 5.75 Å². The van der Waals surface area contributed by atoms with Crippen LogP contribution in [0.3, 0.4) is 0 Å². The lowest BCUT2D eigenvalue weighted by atomic mass is 10.2. The fourth-order valence-electron chi connectivity index (χ4n) is 1.54. The molecule has 2 rings (SSSR count). The number of methoxy groups -OCH3 is 1. The summed E-state index contributed by atoms with van der Waals surface area (Å²) in [5, 5.41) is 20.5. The SMILES string of the molecule is COc1cc(CNc2nnc(C)c(C)n2)ccc1O. The molecule has 0 spiro atoms. The van der Waals surface area contributed by atoms with Gasteiger partial charge in [-0.15, -0.1) is 5.10 Å². The molecule has 100 valence electrons. The molecule has 0 saturated heterocycles. The number of nitrogens with zero attached hydrogens (tertiary/aromatic N) is 3. The van der Waals surface area contributed by atoms with Crippen LogP contribution in [0.25, 0.3) is 0 Å². The van der Waals surface area contributed by atoms with Gasteiger partial charge in [-0.2, -0.15) is 5.10 Å². The van der Waals surface area contributed by atoms with Gasteiger partial charge >= 0.3 is 0 Å². The van der Waals surface area contributed by atoms with Gasteiger partial charge < -0.3 is 15.2 Å². The maximum Gasteiger partial charge on any atom is 0.243 e. The number of anilines is 1. The van der Waals surface area contributed by atoms with Crippen LogP contribution < -0.4 is 10.1 Å². The Balaban J connectivity index is 2.07. The molecule has 0 radical (unpaired) electrons. The highest BCUT2D eigenvalue weighted by Crippen LogP contribution is 2.26. The van der Waals surface area contributed by atoms with Gasteiger partial charge in [0.25, 0.3) is 0 Å². The summed E-state index contributed by atoms with van der Waals surface area (Å²) in [7, 11) is 1.52. The smallest absolute Gasteiger partial charge is 0.243 e. The van der Waals surface area contributed by atoms with Gasteiger partial charge in [0.2, 0.25) is 5.95 Å². The Bertz CT molecular complexity index is 587. The Morgan fingerprint density at radius 3 is 2.68 bits per heavy atom. The molecular formula is C13H16N4O2. The molecule has 0 atom stereocenters. The predicted octanol–water partition coefficient (Wildman–Crippen LogP) is 1.81. The Morgan fingerprint density at radius 1 is 1.21 bits per heavy atom. The largest absolute Gasteiger partial charge is 0.504 e. The van der Waals surface area contributed by atoms with E-state index in [4.69, 9.17) is 4.74 Å². The van der Waals surface area contributed by atoms with Crippen molar-refractivity contribution in [3.05, 3.63) is 35.2 Å². The Kier molecular flexibility index (Phi) is 3.79. The minimum atomic E-state index is 0.121. The van der Waals surface area contributed by atoms with Crippen molar-refractivity contribution in [2.45, 2.75) is 20.4 Å². The van der Waals surface area contributed by atoms with E-state index < -0.39 is 0 Å². The molecule has 0 saturated carbocycles. The molecule has 6 nitrogen and oxygen atoms in total. The Hall–Kier alpha value is -2.37. The number of ether oxygens (including phenoxy) is 1. The normalized spacial score (nSPS) is 10.3. The highest BCUT2D eigenvalue weighted by molar-refractivity contribution is 5.42. The number of aromatic hydroxyl groups is 1. The van der Waals surface area contributed by atoms with Crippen molar-refractivity contribution in [2.75, 3.05) is 12.4 Å². The molecule has 0 bridgehead atoms. The molecule has 6 heteroatoms.